The zero-order valence-electron chi connectivity index (χ0n) is 13.2. The summed E-state index contributed by atoms with van der Waals surface area (Å²) in [5.74, 6) is 0.393. The molecule has 0 fully saturated rings. The van der Waals surface area contributed by atoms with Gasteiger partial charge >= 0.3 is 6.03 Å². The van der Waals surface area contributed by atoms with Crippen LogP contribution in [-0.2, 0) is 4.79 Å². The molecule has 0 atom stereocenters. The van der Waals surface area contributed by atoms with E-state index in [2.05, 4.69) is 26.1 Å². The highest BCUT2D eigenvalue weighted by atomic mass is 32.2. The van der Waals surface area contributed by atoms with Crippen LogP contribution in [0.25, 0.3) is 0 Å². The fourth-order valence-electron chi connectivity index (χ4n) is 1.68. The van der Waals surface area contributed by atoms with Crippen LogP contribution in [-0.4, -0.2) is 41.5 Å². The molecule has 8 nitrogen and oxygen atoms in total. The summed E-state index contributed by atoms with van der Waals surface area (Å²) in [6.07, 6.45) is 0. The molecule has 1 heterocycles. The van der Waals surface area contributed by atoms with E-state index in [1.807, 2.05) is 24.3 Å². The first-order valence-corrected chi connectivity index (χ1v) is 8.86. The first-order chi connectivity index (χ1) is 11.6. The molecule has 0 aliphatic heterocycles. The monoisotopic (exact) mass is 367 g/mol. The third kappa shape index (κ3) is 5.39. The second-order valence-corrected chi connectivity index (χ2v) is 6.59. The molecule has 3 N–H and O–H groups in total. The predicted octanol–water partition coefficient (Wildman–Crippen LogP) is 2.23. The number of amides is 3. The summed E-state index contributed by atoms with van der Waals surface area (Å²) >= 11 is 2.52. The number of ether oxygens (including phenoxy) is 1. The van der Waals surface area contributed by atoms with Crippen molar-refractivity contribution in [2.75, 3.05) is 24.7 Å². The molecule has 0 radical (unpaired) electrons. The molecule has 0 aliphatic rings. The Balaban J connectivity index is 1.87. The normalized spacial score (nSPS) is 10.1. The number of thioether (sulfide) groups is 1. The molecular formula is C14H17N5O3S2. The Morgan fingerprint density at radius 1 is 1.29 bits per heavy atom. The second kappa shape index (κ2) is 9.08. The molecule has 0 saturated carbocycles. The number of hydrogen-bond donors (Lipinski definition) is 3. The fraction of sp³-hybridized carbons (Fsp3) is 0.286. The summed E-state index contributed by atoms with van der Waals surface area (Å²) < 4.78 is 5.88. The van der Waals surface area contributed by atoms with E-state index in [1.165, 1.54) is 23.1 Å². The Labute approximate surface area is 147 Å². The number of benzene rings is 1. The standard InChI is InChI=1S/C14H17N5O3S2/c1-3-15-12(21)17-11(20)8-23-14-19-18-13(24-14)16-9-6-4-5-7-10(9)22-2/h4-7H,3,8H2,1-2H3,(H,16,18)(H2,15,17,20,21). The highest BCUT2D eigenvalue weighted by Crippen LogP contribution is 2.31. The Kier molecular flexibility index (Phi) is 6.82. The van der Waals surface area contributed by atoms with Crippen molar-refractivity contribution in [2.45, 2.75) is 11.3 Å². The number of aromatic nitrogens is 2. The minimum Gasteiger partial charge on any atom is -0.495 e. The van der Waals surface area contributed by atoms with Crippen LogP contribution in [0.5, 0.6) is 5.75 Å². The van der Waals surface area contributed by atoms with Crippen LogP contribution < -0.4 is 20.7 Å². The van der Waals surface area contributed by atoms with Gasteiger partial charge in [-0.15, -0.1) is 10.2 Å². The highest BCUT2D eigenvalue weighted by molar-refractivity contribution is 8.01. The topological polar surface area (TPSA) is 105 Å². The molecule has 24 heavy (non-hydrogen) atoms. The van der Waals surface area contributed by atoms with E-state index in [-0.39, 0.29) is 11.7 Å². The third-order valence-electron chi connectivity index (χ3n) is 2.67. The van der Waals surface area contributed by atoms with Crippen molar-refractivity contribution in [1.29, 1.82) is 0 Å². The number of carbonyl (C=O) groups excluding carboxylic acids is 2. The zero-order chi connectivity index (χ0) is 17.4. The number of nitrogens with one attached hydrogen (secondary N) is 3. The van der Waals surface area contributed by atoms with Gasteiger partial charge in [-0.05, 0) is 19.1 Å². The minimum absolute atomic E-state index is 0.0838. The lowest BCUT2D eigenvalue weighted by molar-refractivity contribution is -0.117. The number of para-hydroxylation sites is 2. The van der Waals surface area contributed by atoms with Gasteiger partial charge in [-0.1, -0.05) is 35.2 Å². The molecule has 3 amide bonds. The number of anilines is 2. The van der Waals surface area contributed by atoms with Crippen molar-refractivity contribution in [2.24, 2.45) is 0 Å². The van der Waals surface area contributed by atoms with Crippen LogP contribution in [0.2, 0.25) is 0 Å². The largest absolute Gasteiger partial charge is 0.495 e. The molecule has 0 unspecified atom stereocenters. The van der Waals surface area contributed by atoms with Crippen molar-refractivity contribution in [1.82, 2.24) is 20.8 Å². The summed E-state index contributed by atoms with van der Waals surface area (Å²) in [6.45, 7) is 2.23. The molecule has 1 aromatic carbocycles. The van der Waals surface area contributed by atoms with E-state index >= 15 is 0 Å². The number of nitrogens with zero attached hydrogens (tertiary/aromatic N) is 2. The zero-order valence-corrected chi connectivity index (χ0v) is 14.8. The Bertz CT molecular complexity index is 707. The van der Waals surface area contributed by atoms with Crippen LogP contribution >= 0.6 is 23.1 Å². The average molecular weight is 367 g/mol. The summed E-state index contributed by atoms with van der Waals surface area (Å²) in [5.41, 5.74) is 0.779. The van der Waals surface area contributed by atoms with E-state index in [0.717, 1.165) is 5.69 Å². The molecule has 0 saturated heterocycles. The molecule has 0 spiro atoms. The van der Waals surface area contributed by atoms with Crippen molar-refractivity contribution in [3.05, 3.63) is 24.3 Å². The van der Waals surface area contributed by atoms with E-state index in [4.69, 9.17) is 4.74 Å². The maximum Gasteiger partial charge on any atom is 0.321 e. The fourth-order valence-corrected chi connectivity index (χ4v) is 3.24. The van der Waals surface area contributed by atoms with Gasteiger partial charge in [0.15, 0.2) is 4.34 Å². The predicted molar refractivity (Wildman–Crippen MR) is 94.1 cm³/mol. The van der Waals surface area contributed by atoms with Crippen molar-refractivity contribution >= 4 is 45.9 Å². The van der Waals surface area contributed by atoms with Gasteiger partial charge in [-0.3, -0.25) is 10.1 Å². The first-order valence-electron chi connectivity index (χ1n) is 7.06. The summed E-state index contributed by atoms with van der Waals surface area (Å²) in [5, 5.41) is 16.5. The Morgan fingerprint density at radius 2 is 2.08 bits per heavy atom. The van der Waals surface area contributed by atoms with Crippen LogP contribution in [0, 0.1) is 0 Å². The first kappa shape index (κ1) is 18.0. The van der Waals surface area contributed by atoms with Gasteiger partial charge < -0.3 is 15.4 Å². The quantitative estimate of drug-likeness (QED) is 0.644. The number of hydrogen-bond acceptors (Lipinski definition) is 8. The van der Waals surface area contributed by atoms with E-state index in [9.17, 15) is 9.59 Å². The highest BCUT2D eigenvalue weighted by Gasteiger charge is 2.11. The number of carbonyl (C=O) groups is 2. The number of urea groups is 1. The van der Waals surface area contributed by atoms with E-state index in [1.54, 1.807) is 14.0 Å². The van der Waals surface area contributed by atoms with Gasteiger partial charge in [-0.2, -0.15) is 0 Å². The maximum atomic E-state index is 11.6. The Morgan fingerprint density at radius 3 is 2.83 bits per heavy atom. The molecule has 2 aromatic rings. The lowest BCUT2D eigenvalue weighted by Gasteiger charge is -2.07. The van der Waals surface area contributed by atoms with Gasteiger partial charge in [0.2, 0.25) is 11.0 Å². The summed E-state index contributed by atoms with van der Waals surface area (Å²) in [4.78, 5) is 22.8. The van der Waals surface area contributed by atoms with Gasteiger partial charge in [0.1, 0.15) is 5.75 Å². The van der Waals surface area contributed by atoms with Crippen molar-refractivity contribution in [3.8, 4) is 5.75 Å². The van der Waals surface area contributed by atoms with E-state index < -0.39 is 6.03 Å². The van der Waals surface area contributed by atoms with Crippen LogP contribution in [0.15, 0.2) is 28.6 Å². The second-order valence-electron chi connectivity index (χ2n) is 4.39. The van der Waals surface area contributed by atoms with Crippen LogP contribution in [0.4, 0.5) is 15.6 Å². The molecule has 128 valence electrons. The minimum atomic E-state index is -0.501. The SMILES string of the molecule is CCNC(=O)NC(=O)CSc1nnc(Nc2ccccc2OC)s1. The Hall–Kier alpha value is -2.33. The maximum absolute atomic E-state index is 11.6. The lowest BCUT2D eigenvalue weighted by Crippen LogP contribution is -2.40. The molecule has 2 rings (SSSR count). The smallest absolute Gasteiger partial charge is 0.321 e. The van der Waals surface area contributed by atoms with Crippen LogP contribution in [0.1, 0.15) is 6.92 Å². The van der Waals surface area contributed by atoms with Gasteiger partial charge in [0, 0.05) is 6.54 Å². The summed E-state index contributed by atoms with van der Waals surface area (Å²) in [7, 11) is 1.59. The van der Waals surface area contributed by atoms with Gasteiger partial charge in [-0.25, -0.2) is 4.79 Å². The third-order valence-corrected chi connectivity index (χ3v) is 4.64. The van der Waals surface area contributed by atoms with Gasteiger partial charge in [0.25, 0.3) is 0 Å². The average Bonchev–Trinajstić information content (AvgIpc) is 3.01. The molecule has 10 heteroatoms. The molecule has 0 aliphatic carbocycles. The molecule has 1 aromatic heterocycles. The number of imide groups is 1. The van der Waals surface area contributed by atoms with Crippen molar-refractivity contribution < 1.29 is 14.3 Å². The summed E-state index contributed by atoms with van der Waals surface area (Å²) in [6, 6.07) is 6.96. The van der Waals surface area contributed by atoms with Crippen LogP contribution in [0.3, 0.4) is 0 Å². The molecular weight excluding hydrogens is 350 g/mol. The molecule has 0 bridgehead atoms. The number of methoxy groups -OCH3 is 1. The lowest BCUT2D eigenvalue weighted by atomic mass is 10.3. The van der Waals surface area contributed by atoms with E-state index in [0.29, 0.717) is 21.8 Å². The van der Waals surface area contributed by atoms with Gasteiger partial charge in [0.05, 0.1) is 18.6 Å². The van der Waals surface area contributed by atoms with Crippen molar-refractivity contribution in [3.63, 3.8) is 0 Å². The number of rotatable bonds is 7.